The molecule has 0 spiro atoms. The van der Waals surface area contributed by atoms with E-state index in [0.717, 1.165) is 16.9 Å². The topological polar surface area (TPSA) is 97.8 Å². The van der Waals surface area contributed by atoms with Crippen molar-refractivity contribution in [2.24, 2.45) is 0 Å². The van der Waals surface area contributed by atoms with Crippen LogP contribution < -0.4 is 14.8 Å². The lowest BCUT2D eigenvalue weighted by molar-refractivity contribution is -0.121. The zero-order chi connectivity index (χ0) is 18.6. The van der Waals surface area contributed by atoms with Crippen molar-refractivity contribution in [1.29, 1.82) is 0 Å². The maximum absolute atomic E-state index is 12.3. The van der Waals surface area contributed by atoms with Gasteiger partial charge in [-0.2, -0.15) is 0 Å². The van der Waals surface area contributed by atoms with Gasteiger partial charge in [-0.1, -0.05) is 6.07 Å². The fraction of sp³-hybridized carbons (Fsp3) is 0.353. The van der Waals surface area contributed by atoms with Gasteiger partial charge in [0.2, 0.25) is 5.91 Å². The minimum Gasteiger partial charge on any atom is -0.493 e. The molecule has 1 heterocycles. The summed E-state index contributed by atoms with van der Waals surface area (Å²) in [5.41, 5.74) is 1.23. The Morgan fingerprint density at radius 3 is 2.52 bits per heavy atom. The molecule has 2 rings (SSSR count). The molecule has 0 aliphatic heterocycles. The molecule has 1 aromatic heterocycles. The van der Waals surface area contributed by atoms with E-state index in [1.165, 1.54) is 7.11 Å². The molecule has 7 nitrogen and oxygen atoms in total. The van der Waals surface area contributed by atoms with Gasteiger partial charge < -0.3 is 19.9 Å². The molecule has 0 saturated heterocycles. The van der Waals surface area contributed by atoms with Crippen LogP contribution in [0.1, 0.15) is 38.9 Å². The highest BCUT2D eigenvalue weighted by Crippen LogP contribution is 2.28. The summed E-state index contributed by atoms with van der Waals surface area (Å²) in [6, 6.07) is 4.92. The highest BCUT2D eigenvalue weighted by Gasteiger charge is 2.19. The second kappa shape index (κ2) is 7.98. The molecule has 1 unspecified atom stereocenters. The molecule has 0 saturated carbocycles. The van der Waals surface area contributed by atoms with Crippen molar-refractivity contribution < 1.29 is 24.2 Å². The second-order valence-electron chi connectivity index (χ2n) is 5.43. The van der Waals surface area contributed by atoms with E-state index in [2.05, 4.69) is 10.3 Å². The van der Waals surface area contributed by atoms with Crippen molar-refractivity contribution >= 4 is 23.2 Å². The van der Waals surface area contributed by atoms with Crippen LogP contribution in [-0.4, -0.2) is 36.2 Å². The lowest BCUT2D eigenvalue weighted by Gasteiger charge is -2.12. The highest BCUT2D eigenvalue weighted by atomic mass is 32.1. The summed E-state index contributed by atoms with van der Waals surface area (Å²) in [5, 5.41) is 12.5. The van der Waals surface area contributed by atoms with Crippen molar-refractivity contribution in [1.82, 2.24) is 10.3 Å². The Balaban J connectivity index is 2.04. The summed E-state index contributed by atoms with van der Waals surface area (Å²) in [6.07, 6.45) is 0.167. The first-order chi connectivity index (χ1) is 11.8. The Morgan fingerprint density at radius 2 is 1.96 bits per heavy atom. The number of carbonyl (C=O) groups is 2. The summed E-state index contributed by atoms with van der Waals surface area (Å²) in [7, 11) is 3.09. The lowest BCUT2D eigenvalue weighted by atomic mass is 10.1. The third kappa shape index (κ3) is 4.48. The van der Waals surface area contributed by atoms with E-state index in [1.54, 1.807) is 39.2 Å². The normalized spacial score (nSPS) is 11.7. The Hall–Kier alpha value is -2.61. The van der Waals surface area contributed by atoms with Crippen LogP contribution in [0.4, 0.5) is 0 Å². The van der Waals surface area contributed by atoms with E-state index in [1.807, 2.05) is 0 Å². The highest BCUT2D eigenvalue weighted by molar-refractivity contribution is 7.13. The molecule has 8 heteroatoms. The minimum atomic E-state index is -1.01. The monoisotopic (exact) mass is 364 g/mol. The fourth-order valence-electron chi connectivity index (χ4n) is 2.33. The first-order valence-corrected chi connectivity index (χ1v) is 8.38. The number of aromatic nitrogens is 1. The molecule has 2 aromatic rings. The number of carboxylic acid groups (broad SMARTS) is 1. The summed E-state index contributed by atoms with van der Waals surface area (Å²) in [5.74, 6) is -0.0449. The second-order valence-corrected chi connectivity index (χ2v) is 6.46. The number of carboxylic acids is 1. The number of nitrogens with zero attached hydrogens (tertiary/aromatic N) is 1. The Kier molecular flexibility index (Phi) is 5.97. The molecule has 0 aliphatic rings. The van der Waals surface area contributed by atoms with Gasteiger partial charge >= 0.3 is 5.97 Å². The van der Waals surface area contributed by atoms with Crippen molar-refractivity contribution in [2.75, 3.05) is 14.2 Å². The molecule has 1 amide bonds. The maximum atomic E-state index is 12.3. The van der Waals surface area contributed by atoms with Crippen LogP contribution in [0.3, 0.4) is 0 Å². The van der Waals surface area contributed by atoms with Gasteiger partial charge in [0.05, 0.1) is 32.4 Å². The molecule has 134 valence electrons. The van der Waals surface area contributed by atoms with Gasteiger partial charge in [-0.05, 0) is 31.5 Å². The quantitative estimate of drug-likeness (QED) is 0.784. The number of aromatic carboxylic acids is 1. The zero-order valence-electron chi connectivity index (χ0n) is 14.5. The van der Waals surface area contributed by atoms with E-state index in [0.29, 0.717) is 22.2 Å². The van der Waals surface area contributed by atoms with Gasteiger partial charge in [0.25, 0.3) is 0 Å². The summed E-state index contributed by atoms with van der Waals surface area (Å²) < 4.78 is 10.4. The third-order valence-electron chi connectivity index (χ3n) is 3.57. The van der Waals surface area contributed by atoms with Crippen molar-refractivity contribution in [3.8, 4) is 11.5 Å². The predicted octanol–water partition coefficient (Wildman–Crippen LogP) is 2.59. The lowest BCUT2D eigenvalue weighted by Crippen LogP contribution is -2.28. The van der Waals surface area contributed by atoms with Crippen LogP contribution in [-0.2, 0) is 11.2 Å². The number of thiazole rings is 1. The first-order valence-electron chi connectivity index (χ1n) is 7.56. The number of nitrogens with one attached hydrogen (secondary N) is 1. The molecule has 0 radical (unpaired) electrons. The number of benzene rings is 1. The zero-order valence-corrected chi connectivity index (χ0v) is 15.3. The minimum absolute atomic E-state index is 0.167. The molecule has 0 bridgehead atoms. The molecule has 0 fully saturated rings. The standard InChI is InChI=1S/C17H20N2O5S/c1-9-15(17(21)22)25-16(19-9)10(2)18-14(20)8-11-5-6-12(23-3)13(7-11)24-4/h5-7,10H,8H2,1-4H3,(H,18,20)(H,21,22). The molecule has 2 N–H and O–H groups in total. The molecule has 1 atom stereocenters. The van der Waals surface area contributed by atoms with Crippen LogP contribution >= 0.6 is 11.3 Å². The SMILES string of the molecule is COc1ccc(CC(=O)NC(C)c2nc(C)c(C(=O)O)s2)cc1OC. The van der Waals surface area contributed by atoms with Gasteiger partial charge in [-0.3, -0.25) is 4.79 Å². The summed E-state index contributed by atoms with van der Waals surface area (Å²) in [6.45, 7) is 3.41. The Bertz CT molecular complexity index is 787. The molecular weight excluding hydrogens is 344 g/mol. The van der Waals surface area contributed by atoms with Crippen LogP contribution in [0.5, 0.6) is 11.5 Å². The Morgan fingerprint density at radius 1 is 1.28 bits per heavy atom. The molecule has 1 aromatic carbocycles. The predicted molar refractivity (Wildman–Crippen MR) is 93.6 cm³/mol. The molecular formula is C17H20N2O5S. The van der Waals surface area contributed by atoms with Crippen molar-refractivity contribution in [2.45, 2.75) is 26.3 Å². The van der Waals surface area contributed by atoms with Gasteiger partial charge in [0.15, 0.2) is 11.5 Å². The number of hydrogen-bond donors (Lipinski definition) is 2. The van der Waals surface area contributed by atoms with Gasteiger partial charge in [0.1, 0.15) is 9.88 Å². The van der Waals surface area contributed by atoms with Gasteiger partial charge in [-0.25, -0.2) is 9.78 Å². The van der Waals surface area contributed by atoms with Gasteiger partial charge in [-0.15, -0.1) is 11.3 Å². The van der Waals surface area contributed by atoms with E-state index in [4.69, 9.17) is 14.6 Å². The number of hydrogen-bond acceptors (Lipinski definition) is 6. The number of aryl methyl sites for hydroxylation is 1. The van der Waals surface area contributed by atoms with Crippen LogP contribution in [0, 0.1) is 6.92 Å². The van der Waals surface area contributed by atoms with E-state index < -0.39 is 5.97 Å². The largest absolute Gasteiger partial charge is 0.493 e. The van der Waals surface area contributed by atoms with Crippen molar-refractivity contribution in [3.63, 3.8) is 0 Å². The average Bonchev–Trinajstić information content (AvgIpc) is 2.96. The van der Waals surface area contributed by atoms with Crippen LogP contribution in [0.2, 0.25) is 0 Å². The first kappa shape index (κ1) is 18.7. The molecule has 25 heavy (non-hydrogen) atoms. The third-order valence-corrected chi connectivity index (χ3v) is 4.90. The van der Waals surface area contributed by atoms with Crippen molar-refractivity contribution in [3.05, 3.63) is 39.3 Å². The Labute approximate surface area is 149 Å². The number of amides is 1. The number of ether oxygens (including phenoxy) is 2. The van der Waals surface area contributed by atoms with Crippen LogP contribution in [0.25, 0.3) is 0 Å². The van der Waals surface area contributed by atoms with Gasteiger partial charge in [0, 0.05) is 0 Å². The van der Waals surface area contributed by atoms with E-state index in [9.17, 15) is 9.59 Å². The maximum Gasteiger partial charge on any atom is 0.347 e. The van der Waals surface area contributed by atoms with E-state index in [-0.39, 0.29) is 23.2 Å². The number of carbonyl (C=O) groups excluding carboxylic acids is 1. The van der Waals surface area contributed by atoms with Crippen LogP contribution in [0.15, 0.2) is 18.2 Å². The summed E-state index contributed by atoms with van der Waals surface area (Å²) in [4.78, 5) is 27.8. The average molecular weight is 364 g/mol. The number of methoxy groups -OCH3 is 2. The smallest absolute Gasteiger partial charge is 0.347 e. The summed E-state index contributed by atoms with van der Waals surface area (Å²) >= 11 is 1.07. The number of rotatable bonds is 7. The fourth-order valence-corrected chi connectivity index (χ4v) is 3.24. The molecule has 0 aliphatic carbocycles. The van der Waals surface area contributed by atoms with E-state index >= 15 is 0 Å².